The zero-order chi connectivity index (χ0) is 15.3. The van der Waals surface area contributed by atoms with Crippen LogP contribution < -0.4 is 5.32 Å². The van der Waals surface area contributed by atoms with E-state index in [-0.39, 0.29) is 17.2 Å². The predicted octanol–water partition coefficient (Wildman–Crippen LogP) is 4.47. The van der Waals surface area contributed by atoms with Crippen molar-refractivity contribution in [3.8, 4) is 0 Å². The van der Waals surface area contributed by atoms with Crippen molar-refractivity contribution in [3.63, 3.8) is 0 Å². The number of alkyl halides is 3. The summed E-state index contributed by atoms with van der Waals surface area (Å²) in [5.41, 5.74) is 0.169. The lowest BCUT2D eigenvalue weighted by Gasteiger charge is -2.20. The molecule has 1 aromatic carbocycles. The van der Waals surface area contributed by atoms with Crippen LogP contribution in [0.5, 0.6) is 0 Å². The van der Waals surface area contributed by atoms with E-state index in [4.69, 9.17) is 11.6 Å². The lowest BCUT2D eigenvalue weighted by molar-refractivity contribution is -0.175. The van der Waals surface area contributed by atoms with E-state index in [1.807, 2.05) is 0 Å². The first-order valence-electron chi connectivity index (χ1n) is 5.77. The van der Waals surface area contributed by atoms with Crippen LogP contribution in [-0.2, 0) is 4.74 Å². The third-order valence-electron chi connectivity index (χ3n) is 2.42. The standard InChI is InChI=1S/C12H13BrClF4NO/c1-2-19-11(5-20-6-12(16,17)18)7-3-9(14)8(13)4-10(7)15/h3-4,11,19H,2,5-6H2,1H3. The Balaban J connectivity index is 2.83. The van der Waals surface area contributed by atoms with Crippen LogP contribution in [0.15, 0.2) is 16.6 Å². The van der Waals surface area contributed by atoms with Gasteiger partial charge < -0.3 is 10.1 Å². The van der Waals surface area contributed by atoms with Gasteiger partial charge in [0.05, 0.1) is 17.7 Å². The average Bonchev–Trinajstić information content (AvgIpc) is 2.31. The highest BCUT2D eigenvalue weighted by molar-refractivity contribution is 9.10. The van der Waals surface area contributed by atoms with Crippen molar-refractivity contribution in [3.05, 3.63) is 33.0 Å². The zero-order valence-electron chi connectivity index (χ0n) is 10.5. The number of halogens is 6. The Morgan fingerprint density at radius 2 is 2.05 bits per heavy atom. The van der Waals surface area contributed by atoms with Crippen LogP contribution in [0.1, 0.15) is 18.5 Å². The highest BCUT2D eigenvalue weighted by atomic mass is 79.9. The quantitative estimate of drug-likeness (QED) is 0.582. The Labute approximate surface area is 127 Å². The molecule has 1 atom stereocenters. The summed E-state index contributed by atoms with van der Waals surface area (Å²) in [5.74, 6) is -0.567. The number of nitrogens with one attached hydrogen (secondary N) is 1. The molecule has 20 heavy (non-hydrogen) atoms. The minimum Gasteiger partial charge on any atom is -0.370 e. The zero-order valence-corrected chi connectivity index (χ0v) is 12.9. The number of hydrogen-bond acceptors (Lipinski definition) is 2. The molecule has 0 aliphatic rings. The van der Waals surface area contributed by atoms with Crippen LogP contribution in [0.4, 0.5) is 17.6 Å². The Morgan fingerprint density at radius 3 is 2.60 bits per heavy atom. The third-order valence-corrected chi connectivity index (χ3v) is 3.61. The molecule has 0 aliphatic heterocycles. The maximum Gasteiger partial charge on any atom is 0.411 e. The first-order chi connectivity index (χ1) is 9.24. The second-order valence-electron chi connectivity index (χ2n) is 4.03. The fraction of sp³-hybridized carbons (Fsp3) is 0.500. The number of ether oxygens (including phenoxy) is 1. The summed E-state index contributed by atoms with van der Waals surface area (Å²) in [7, 11) is 0. The SMILES string of the molecule is CCNC(COCC(F)(F)F)c1cc(Cl)c(Br)cc1F. The highest BCUT2D eigenvalue weighted by Crippen LogP contribution is 2.29. The van der Waals surface area contributed by atoms with Gasteiger partial charge in [-0.15, -0.1) is 0 Å². The number of hydrogen-bond donors (Lipinski definition) is 1. The Morgan fingerprint density at radius 1 is 1.40 bits per heavy atom. The molecule has 2 nitrogen and oxygen atoms in total. The van der Waals surface area contributed by atoms with Crippen LogP contribution >= 0.6 is 27.5 Å². The molecule has 1 unspecified atom stereocenters. The first-order valence-corrected chi connectivity index (χ1v) is 6.94. The summed E-state index contributed by atoms with van der Waals surface area (Å²) >= 11 is 8.95. The molecule has 0 saturated carbocycles. The fourth-order valence-electron chi connectivity index (χ4n) is 1.60. The van der Waals surface area contributed by atoms with E-state index in [0.717, 1.165) is 0 Å². The van der Waals surface area contributed by atoms with Crippen molar-refractivity contribution in [2.75, 3.05) is 19.8 Å². The molecular weight excluding hydrogens is 365 g/mol. The van der Waals surface area contributed by atoms with Crippen molar-refractivity contribution in [1.29, 1.82) is 0 Å². The molecule has 0 bridgehead atoms. The molecule has 0 aromatic heterocycles. The Hall–Kier alpha value is -0.370. The van der Waals surface area contributed by atoms with Crippen LogP contribution in [0, 0.1) is 5.82 Å². The molecule has 0 radical (unpaired) electrons. The smallest absolute Gasteiger partial charge is 0.370 e. The topological polar surface area (TPSA) is 21.3 Å². The van der Waals surface area contributed by atoms with Gasteiger partial charge in [0.25, 0.3) is 0 Å². The van der Waals surface area contributed by atoms with E-state index in [1.54, 1.807) is 6.92 Å². The number of benzene rings is 1. The molecule has 0 heterocycles. The molecule has 0 amide bonds. The second-order valence-corrected chi connectivity index (χ2v) is 5.29. The summed E-state index contributed by atoms with van der Waals surface area (Å²) < 4.78 is 55.0. The second kappa shape index (κ2) is 7.59. The maximum atomic E-state index is 13.9. The van der Waals surface area contributed by atoms with Crippen molar-refractivity contribution in [2.45, 2.75) is 19.1 Å². The van der Waals surface area contributed by atoms with Gasteiger partial charge in [-0.3, -0.25) is 0 Å². The van der Waals surface area contributed by atoms with Gasteiger partial charge in [-0.25, -0.2) is 4.39 Å². The summed E-state index contributed by atoms with van der Waals surface area (Å²) in [6.45, 7) is 0.533. The normalized spacial score (nSPS) is 13.6. The first kappa shape index (κ1) is 17.7. The van der Waals surface area contributed by atoms with Crippen LogP contribution in [0.3, 0.4) is 0 Å². The predicted molar refractivity (Wildman–Crippen MR) is 72.4 cm³/mol. The Bertz CT molecular complexity index is 456. The molecule has 1 rings (SSSR count). The van der Waals surface area contributed by atoms with Crippen molar-refractivity contribution < 1.29 is 22.3 Å². The van der Waals surface area contributed by atoms with Crippen LogP contribution in [-0.4, -0.2) is 25.9 Å². The molecule has 0 saturated heterocycles. The van der Waals surface area contributed by atoms with Crippen LogP contribution in [0.2, 0.25) is 5.02 Å². The van der Waals surface area contributed by atoms with Crippen molar-refractivity contribution >= 4 is 27.5 Å². The summed E-state index contributed by atoms with van der Waals surface area (Å²) in [4.78, 5) is 0. The van der Waals surface area contributed by atoms with Gasteiger partial charge >= 0.3 is 6.18 Å². The van der Waals surface area contributed by atoms with Crippen LogP contribution in [0.25, 0.3) is 0 Å². The van der Waals surface area contributed by atoms with E-state index in [1.165, 1.54) is 12.1 Å². The highest BCUT2D eigenvalue weighted by Gasteiger charge is 2.28. The van der Waals surface area contributed by atoms with E-state index < -0.39 is 24.6 Å². The molecular formula is C12H13BrClF4NO. The van der Waals surface area contributed by atoms with Gasteiger partial charge in [-0.1, -0.05) is 18.5 Å². The van der Waals surface area contributed by atoms with E-state index in [2.05, 4.69) is 26.0 Å². The lowest BCUT2D eigenvalue weighted by Crippen LogP contribution is -2.28. The van der Waals surface area contributed by atoms with E-state index in [0.29, 0.717) is 11.0 Å². The molecule has 114 valence electrons. The molecule has 8 heteroatoms. The lowest BCUT2D eigenvalue weighted by atomic mass is 10.1. The monoisotopic (exact) mass is 377 g/mol. The molecule has 1 N–H and O–H groups in total. The van der Waals surface area contributed by atoms with Gasteiger partial charge in [0.1, 0.15) is 12.4 Å². The third kappa shape index (κ3) is 5.55. The van der Waals surface area contributed by atoms with Gasteiger partial charge in [0.15, 0.2) is 0 Å². The average molecular weight is 379 g/mol. The number of rotatable bonds is 6. The van der Waals surface area contributed by atoms with Gasteiger partial charge in [0.2, 0.25) is 0 Å². The van der Waals surface area contributed by atoms with Gasteiger partial charge in [-0.05, 0) is 34.6 Å². The molecule has 1 aromatic rings. The molecule has 0 spiro atoms. The summed E-state index contributed by atoms with van der Waals surface area (Å²) in [6, 6.07) is 1.84. The molecule has 0 fully saturated rings. The van der Waals surface area contributed by atoms with E-state index >= 15 is 0 Å². The minimum atomic E-state index is -4.41. The summed E-state index contributed by atoms with van der Waals surface area (Å²) in [5, 5.41) is 3.14. The largest absolute Gasteiger partial charge is 0.411 e. The molecule has 0 aliphatic carbocycles. The maximum absolute atomic E-state index is 13.9. The number of likely N-dealkylation sites (N-methyl/N-ethyl adjacent to an activating group) is 1. The summed E-state index contributed by atoms with van der Waals surface area (Å²) in [6.07, 6.45) is -4.41. The minimum absolute atomic E-state index is 0.169. The van der Waals surface area contributed by atoms with Gasteiger partial charge in [-0.2, -0.15) is 13.2 Å². The van der Waals surface area contributed by atoms with Gasteiger partial charge in [0, 0.05) is 10.0 Å². The Kier molecular flexibility index (Phi) is 6.71. The van der Waals surface area contributed by atoms with Crippen molar-refractivity contribution in [2.24, 2.45) is 0 Å². The van der Waals surface area contributed by atoms with Crippen molar-refractivity contribution in [1.82, 2.24) is 5.32 Å². The van der Waals surface area contributed by atoms with E-state index in [9.17, 15) is 17.6 Å². The fourth-order valence-corrected chi connectivity index (χ4v) is 2.09.